The van der Waals surface area contributed by atoms with Crippen LogP contribution in [-0.4, -0.2) is 6.16 Å². The summed E-state index contributed by atoms with van der Waals surface area (Å²) in [5.74, 6) is 0. The number of hydrogen-bond acceptors (Lipinski definition) is 0. The first-order valence-corrected chi connectivity index (χ1v) is 11.3. The topological polar surface area (TPSA) is 0 Å². The molecule has 24 heavy (non-hydrogen) atoms. The standard InChI is InChI=1S/C23H31P/c1-4-5-10-17-24-22(20-13-8-6-11-18(20)2)15-16-23(24)21-14-9-7-12-19(21)3/h6-9,11-14,22-23H,4-5,10,15-17H2,1-3H3. The molecule has 1 heterocycles. The fourth-order valence-electron chi connectivity index (χ4n) is 4.31. The molecule has 128 valence electrons. The van der Waals surface area contributed by atoms with Gasteiger partial charge in [-0.1, -0.05) is 76.2 Å². The third kappa shape index (κ3) is 3.75. The summed E-state index contributed by atoms with van der Waals surface area (Å²) in [4.78, 5) is 0. The molecule has 0 radical (unpaired) electrons. The van der Waals surface area contributed by atoms with E-state index in [0.717, 1.165) is 11.3 Å². The second-order valence-electron chi connectivity index (χ2n) is 7.27. The second kappa shape index (κ2) is 8.30. The van der Waals surface area contributed by atoms with Gasteiger partial charge in [0.1, 0.15) is 0 Å². The first-order valence-electron chi connectivity index (χ1n) is 9.59. The van der Waals surface area contributed by atoms with Crippen LogP contribution in [0.2, 0.25) is 0 Å². The summed E-state index contributed by atoms with van der Waals surface area (Å²) in [6, 6.07) is 18.3. The number of benzene rings is 2. The van der Waals surface area contributed by atoms with Crippen LogP contribution in [0.1, 0.15) is 72.6 Å². The zero-order valence-electron chi connectivity index (χ0n) is 15.5. The van der Waals surface area contributed by atoms with Crippen LogP contribution in [0.5, 0.6) is 0 Å². The molecule has 0 bridgehead atoms. The number of unbranched alkanes of at least 4 members (excludes halogenated alkanes) is 2. The van der Waals surface area contributed by atoms with Crippen molar-refractivity contribution in [3.8, 4) is 0 Å². The molecule has 0 N–H and O–H groups in total. The van der Waals surface area contributed by atoms with Crippen molar-refractivity contribution in [2.24, 2.45) is 0 Å². The summed E-state index contributed by atoms with van der Waals surface area (Å²) in [7, 11) is 0.0314. The molecule has 0 amide bonds. The lowest BCUT2D eigenvalue weighted by Gasteiger charge is -2.28. The molecule has 2 aromatic carbocycles. The summed E-state index contributed by atoms with van der Waals surface area (Å²) in [6.45, 7) is 6.92. The highest BCUT2D eigenvalue weighted by atomic mass is 31.1. The van der Waals surface area contributed by atoms with Crippen molar-refractivity contribution in [2.45, 2.75) is 64.2 Å². The Balaban J connectivity index is 1.90. The number of aryl methyl sites for hydroxylation is 2. The average Bonchev–Trinajstić information content (AvgIpc) is 2.99. The Labute approximate surface area is 149 Å². The monoisotopic (exact) mass is 338 g/mol. The van der Waals surface area contributed by atoms with Gasteiger partial charge in [0.05, 0.1) is 0 Å². The van der Waals surface area contributed by atoms with Gasteiger partial charge in [-0.05, 0) is 61.5 Å². The fourth-order valence-corrected chi connectivity index (χ4v) is 8.21. The molecule has 1 saturated heterocycles. The third-order valence-electron chi connectivity index (χ3n) is 5.63. The van der Waals surface area contributed by atoms with E-state index >= 15 is 0 Å². The maximum absolute atomic E-state index is 2.40. The number of rotatable bonds is 6. The molecule has 2 atom stereocenters. The Morgan fingerprint density at radius 2 is 1.29 bits per heavy atom. The largest absolute Gasteiger partial charge is 0.0913 e. The van der Waals surface area contributed by atoms with Crippen molar-refractivity contribution in [1.29, 1.82) is 0 Å². The Hall–Kier alpha value is -1.13. The minimum Gasteiger partial charge on any atom is -0.0913 e. The van der Waals surface area contributed by atoms with Gasteiger partial charge in [-0.25, -0.2) is 0 Å². The van der Waals surface area contributed by atoms with Gasteiger partial charge in [0.15, 0.2) is 0 Å². The zero-order chi connectivity index (χ0) is 16.9. The lowest BCUT2D eigenvalue weighted by molar-refractivity contribution is 0.760. The molecular weight excluding hydrogens is 307 g/mol. The third-order valence-corrected chi connectivity index (χ3v) is 9.14. The van der Waals surface area contributed by atoms with E-state index in [-0.39, 0.29) is 7.92 Å². The van der Waals surface area contributed by atoms with Crippen molar-refractivity contribution in [1.82, 2.24) is 0 Å². The van der Waals surface area contributed by atoms with Crippen LogP contribution in [0.4, 0.5) is 0 Å². The van der Waals surface area contributed by atoms with Crippen LogP contribution >= 0.6 is 7.92 Å². The summed E-state index contributed by atoms with van der Waals surface area (Å²) >= 11 is 0. The Bertz CT molecular complexity index is 607. The molecule has 1 aliphatic rings. The van der Waals surface area contributed by atoms with Crippen molar-refractivity contribution >= 4 is 7.92 Å². The van der Waals surface area contributed by atoms with Crippen LogP contribution in [0, 0.1) is 13.8 Å². The van der Waals surface area contributed by atoms with E-state index in [1.165, 1.54) is 49.4 Å². The fraction of sp³-hybridized carbons (Fsp3) is 0.478. The molecule has 1 fully saturated rings. The van der Waals surface area contributed by atoms with Crippen LogP contribution in [-0.2, 0) is 0 Å². The SMILES string of the molecule is CCCCCP1C(c2ccccc2C)CCC1c1ccccc1C. The molecular formula is C23H31P. The molecule has 0 saturated carbocycles. The van der Waals surface area contributed by atoms with Crippen LogP contribution in [0.3, 0.4) is 0 Å². The second-order valence-corrected chi connectivity index (χ2v) is 9.99. The lowest BCUT2D eigenvalue weighted by atomic mass is 9.99. The van der Waals surface area contributed by atoms with E-state index in [0.29, 0.717) is 0 Å². The molecule has 0 spiro atoms. The average molecular weight is 338 g/mol. The normalized spacial score (nSPS) is 23.5. The highest BCUT2D eigenvalue weighted by Gasteiger charge is 2.37. The first kappa shape index (κ1) is 17.7. The van der Waals surface area contributed by atoms with E-state index in [9.17, 15) is 0 Å². The molecule has 1 heteroatoms. The summed E-state index contributed by atoms with van der Waals surface area (Å²) in [5.41, 5.74) is 7.88. The molecule has 0 aromatic heterocycles. The van der Waals surface area contributed by atoms with E-state index in [4.69, 9.17) is 0 Å². The molecule has 2 aromatic rings. The van der Waals surface area contributed by atoms with Gasteiger partial charge < -0.3 is 0 Å². The van der Waals surface area contributed by atoms with E-state index in [1.807, 2.05) is 0 Å². The van der Waals surface area contributed by atoms with Gasteiger partial charge in [0.2, 0.25) is 0 Å². The van der Waals surface area contributed by atoms with Gasteiger partial charge in [0.25, 0.3) is 0 Å². The van der Waals surface area contributed by atoms with E-state index < -0.39 is 0 Å². The Kier molecular flexibility index (Phi) is 6.12. The highest BCUT2D eigenvalue weighted by molar-refractivity contribution is 7.58. The number of hydrogen-bond donors (Lipinski definition) is 0. The quantitative estimate of drug-likeness (QED) is 0.377. The van der Waals surface area contributed by atoms with Crippen LogP contribution < -0.4 is 0 Å². The Morgan fingerprint density at radius 3 is 1.75 bits per heavy atom. The van der Waals surface area contributed by atoms with E-state index in [1.54, 1.807) is 11.1 Å². The van der Waals surface area contributed by atoms with Gasteiger partial charge in [-0.2, -0.15) is 0 Å². The summed E-state index contributed by atoms with van der Waals surface area (Å²) in [5, 5.41) is 0. The maximum atomic E-state index is 2.40. The predicted molar refractivity (Wildman–Crippen MR) is 108 cm³/mol. The molecule has 2 unspecified atom stereocenters. The molecule has 1 aliphatic heterocycles. The highest BCUT2D eigenvalue weighted by Crippen LogP contribution is 2.70. The molecule has 0 nitrogen and oxygen atoms in total. The predicted octanol–water partition coefficient (Wildman–Crippen LogP) is 7.55. The van der Waals surface area contributed by atoms with Gasteiger partial charge in [-0.3, -0.25) is 0 Å². The van der Waals surface area contributed by atoms with Gasteiger partial charge in [0, 0.05) is 11.3 Å². The van der Waals surface area contributed by atoms with Crippen molar-refractivity contribution in [2.75, 3.05) is 6.16 Å². The summed E-state index contributed by atoms with van der Waals surface area (Å²) in [6.07, 6.45) is 8.32. The van der Waals surface area contributed by atoms with Crippen molar-refractivity contribution in [3.05, 3.63) is 70.8 Å². The van der Waals surface area contributed by atoms with Gasteiger partial charge >= 0.3 is 0 Å². The smallest absolute Gasteiger partial charge is 0.00502 e. The van der Waals surface area contributed by atoms with Gasteiger partial charge in [-0.15, -0.1) is 0 Å². The first-order chi connectivity index (χ1) is 11.7. The summed E-state index contributed by atoms with van der Waals surface area (Å²) < 4.78 is 0. The lowest BCUT2D eigenvalue weighted by Crippen LogP contribution is -2.01. The minimum atomic E-state index is 0.0314. The van der Waals surface area contributed by atoms with Crippen molar-refractivity contribution in [3.63, 3.8) is 0 Å². The molecule has 0 aliphatic carbocycles. The minimum absolute atomic E-state index is 0.0314. The van der Waals surface area contributed by atoms with Crippen molar-refractivity contribution < 1.29 is 0 Å². The van der Waals surface area contributed by atoms with Crippen LogP contribution in [0.15, 0.2) is 48.5 Å². The molecule has 3 rings (SSSR count). The zero-order valence-corrected chi connectivity index (χ0v) is 16.4. The van der Waals surface area contributed by atoms with E-state index in [2.05, 4.69) is 69.3 Å². The maximum Gasteiger partial charge on any atom is 0.00502 e. The Morgan fingerprint density at radius 1 is 0.792 bits per heavy atom. The van der Waals surface area contributed by atoms with Crippen LogP contribution in [0.25, 0.3) is 0 Å².